The molecule has 2 aromatic rings. The minimum atomic E-state index is -3.75. The first-order chi connectivity index (χ1) is 14.7. The van der Waals surface area contributed by atoms with Gasteiger partial charge in [0.2, 0.25) is 15.9 Å². The van der Waals surface area contributed by atoms with E-state index in [1.165, 1.54) is 10.4 Å². The maximum Gasteiger partial charge on any atom is 0.248 e. The fourth-order valence-corrected chi connectivity index (χ4v) is 5.27. The van der Waals surface area contributed by atoms with E-state index in [9.17, 15) is 22.0 Å². The number of aryl methyl sites for hydroxylation is 2. The number of carbonyl (C=O) groups is 1. The molecule has 1 aliphatic rings. The molecule has 1 amide bonds. The number of rotatable bonds is 7. The molecule has 8 nitrogen and oxygen atoms in total. The number of halogens is 2. The molecule has 0 spiro atoms. The van der Waals surface area contributed by atoms with Crippen LogP contribution in [-0.4, -0.2) is 61.5 Å². The van der Waals surface area contributed by atoms with E-state index in [1.54, 1.807) is 18.7 Å². The number of hydrogen-bond donors (Lipinski definition) is 0. The average Bonchev–Trinajstić information content (AvgIpc) is 2.91. The highest BCUT2D eigenvalue weighted by molar-refractivity contribution is 7.89. The second-order valence-electron chi connectivity index (χ2n) is 7.32. The summed E-state index contributed by atoms with van der Waals surface area (Å²) in [5, 5.41) is 3.72. The van der Waals surface area contributed by atoms with Crippen molar-refractivity contribution < 1.29 is 31.3 Å². The van der Waals surface area contributed by atoms with Crippen molar-refractivity contribution in [1.82, 2.24) is 14.4 Å². The Hall–Kier alpha value is -2.53. The van der Waals surface area contributed by atoms with Crippen LogP contribution < -0.4 is 4.74 Å². The number of amides is 1. The summed E-state index contributed by atoms with van der Waals surface area (Å²) in [5.41, 5.74) is 0.312. The topological polar surface area (TPSA) is 93.0 Å². The van der Waals surface area contributed by atoms with E-state index in [4.69, 9.17) is 9.26 Å². The van der Waals surface area contributed by atoms with Gasteiger partial charge in [0.25, 0.3) is 0 Å². The van der Waals surface area contributed by atoms with Gasteiger partial charge in [0, 0.05) is 38.7 Å². The number of aromatic nitrogens is 1. The van der Waals surface area contributed by atoms with Crippen molar-refractivity contribution in [2.75, 3.05) is 32.8 Å². The zero-order valence-corrected chi connectivity index (χ0v) is 18.3. The number of hydrogen-bond acceptors (Lipinski definition) is 6. The largest absolute Gasteiger partial charge is 0.491 e. The third-order valence-corrected chi connectivity index (χ3v) is 7.20. The fraction of sp³-hybridized carbons (Fsp3) is 0.500. The monoisotopic (exact) mass is 457 g/mol. The summed E-state index contributed by atoms with van der Waals surface area (Å²) in [6, 6.07) is 3.04. The van der Waals surface area contributed by atoms with Gasteiger partial charge in [0.15, 0.2) is 17.3 Å². The molecule has 11 heteroatoms. The molecule has 0 N–H and O–H groups in total. The summed E-state index contributed by atoms with van der Waals surface area (Å²) in [6.45, 7) is 4.43. The second-order valence-corrected chi connectivity index (χ2v) is 9.19. The molecular formula is C20H25F2N3O5S. The Kier molecular flexibility index (Phi) is 7.26. The molecule has 1 aromatic carbocycles. The van der Waals surface area contributed by atoms with Crippen LogP contribution in [0.15, 0.2) is 27.6 Å². The van der Waals surface area contributed by atoms with Gasteiger partial charge in [-0.25, -0.2) is 17.2 Å². The van der Waals surface area contributed by atoms with Gasteiger partial charge in [0.1, 0.15) is 16.4 Å². The third kappa shape index (κ3) is 5.40. The van der Waals surface area contributed by atoms with Gasteiger partial charge in [-0.3, -0.25) is 4.79 Å². The van der Waals surface area contributed by atoms with Gasteiger partial charge >= 0.3 is 0 Å². The Morgan fingerprint density at radius 2 is 1.97 bits per heavy atom. The Morgan fingerprint density at radius 1 is 1.19 bits per heavy atom. The SMILES string of the molecule is Cc1noc(C)c1S(=O)(=O)N1CCCN(C(=O)CCCOc2ccc(F)cc2F)CC1. The first kappa shape index (κ1) is 23.1. The third-order valence-electron chi connectivity index (χ3n) is 5.06. The summed E-state index contributed by atoms with van der Waals surface area (Å²) in [4.78, 5) is 14.2. The molecular weight excluding hydrogens is 432 g/mol. The summed E-state index contributed by atoms with van der Waals surface area (Å²) in [7, 11) is -3.75. The van der Waals surface area contributed by atoms with E-state index < -0.39 is 21.7 Å². The van der Waals surface area contributed by atoms with Crippen molar-refractivity contribution in [1.29, 1.82) is 0 Å². The summed E-state index contributed by atoms with van der Waals surface area (Å²) in [6.07, 6.45) is 1.04. The Bertz CT molecular complexity index is 1020. The molecule has 3 rings (SSSR count). The lowest BCUT2D eigenvalue weighted by molar-refractivity contribution is -0.131. The number of benzene rings is 1. The Labute approximate surface area is 179 Å². The fourth-order valence-electron chi connectivity index (χ4n) is 3.51. The van der Waals surface area contributed by atoms with Crippen LogP contribution in [0.5, 0.6) is 5.75 Å². The smallest absolute Gasteiger partial charge is 0.248 e. The van der Waals surface area contributed by atoms with Gasteiger partial charge in [-0.15, -0.1) is 0 Å². The summed E-state index contributed by atoms with van der Waals surface area (Å²) in [5.74, 6) is -1.43. The maximum atomic E-state index is 13.6. The number of sulfonamides is 1. The zero-order chi connectivity index (χ0) is 22.6. The quantitative estimate of drug-likeness (QED) is 0.594. The Morgan fingerprint density at radius 3 is 2.65 bits per heavy atom. The first-order valence-electron chi connectivity index (χ1n) is 9.99. The van der Waals surface area contributed by atoms with E-state index >= 15 is 0 Å². The predicted octanol–water partition coefficient (Wildman–Crippen LogP) is 2.65. The predicted molar refractivity (Wildman–Crippen MR) is 107 cm³/mol. The molecule has 170 valence electrons. The van der Waals surface area contributed by atoms with E-state index in [0.29, 0.717) is 31.6 Å². The zero-order valence-electron chi connectivity index (χ0n) is 17.4. The molecule has 0 saturated carbocycles. The first-order valence-corrected chi connectivity index (χ1v) is 11.4. The average molecular weight is 457 g/mol. The van der Waals surface area contributed by atoms with Crippen LogP contribution in [0.25, 0.3) is 0 Å². The standard InChI is InChI=1S/C20H25F2N3O5S/c1-14-20(15(2)30-23-14)31(27,28)25-9-4-8-24(10-11-25)19(26)5-3-12-29-18-7-6-16(21)13-17(18)22/h6-7,13H,3-5,8-12H2,1-2H3. The highest BCUT2D eigenvalue weighted by Gasteiger charge is 2.32. The van der Waals surface area contributed by atoms with Crippen molar-refractivity contribution in [3.8, 4) is 5.75 Å². The van der Waals surface area contributed by atoms with Gasteiger partial charge in [-0.2, -0.15) is 4.31 Å². The number of ether oxygens (including phenoxy) is 1. The number of nitrogens with zero attached hydrogens (tertiary/aromatic N) is 3. The molecule has 1 saturated heterocycles. The van der Waals surface area contributed by atoms with Crippen molar-refractivity contribution in [3.63, 3.8) is 0 Å². The van der Waals surface area contributed by atoms with Gasteiger partial charge in [0.05, 0.1) is 6.61 Å². The molecule has 31 heavy (non-hydrogen) atoms. The molecule has 2 heterocycles. The van der Waals surface area contributed by atoms with Crippen molar-refractivity contribution >= 4 is 15.9 Å². The molecule has 1 aliphatic heterocycles. The van der Waals surface area contributed by atoms with Crippen LogP contribution in [0.1, 0.15) is 30.7 Å². The van der Waals surface area contributed by atoms with Crippen LogP contribution in [0, 0.1) is 25.5 Å². The second kappa shape index (κ2) is 9.73. The Balaban J connectivity index is 1.50. The maximum absolute atomic E-state index is 13.6. The van der Waals surface area contributed by atoms with Crippen LogP contribution in [0.3, 0.4) is 0 Å². The minimum Gasteiger partial charge on any atom is -0.491 e. The van der Waals surface area contributed by atoms with Crippen LogP contribution in [0.4, 0.5) is 8.78 Å². The van der Waals surface area contributed by atoms with E-state index in [0.717, 1.165) is 12.1 Å². The van der Waals surface area contributed by atoms with Crippen molar-refractivity contribution in [2.24, 2.45) is 0 Å². The summed E-state index contributed by atoms with van der Waals surface area (Å²) < 4.78 is 64.0. The number of carbonyl (C=O) groups excluding carboxylic acids is 1. The normalized spacial score (nSPS) is 15.7. The van der Waals surface area contributed by atoms with E-state index in [2.05, 4.69) is 5.16 Å². The molecule has 1 fully saturated rings. The van der Waals surface area contributed by atoms with Gasteiger partial charge in [-0.05, 0) is 38.8 Å². The lowest BCUT2D eigenvalue weighted by Crippen LogP contribution is -2.37. The van der Waals surface area contributed by atoms with Gasteiger partial charge < -0.3 is 14.2 Å². The van der Waals surface area contributed by atoms with Crippen molar-refractivity contribution in [2.45, 2.75) is 38.0 Å². The van der Waals surface area contributed by atoms with Crippen LogP contribution in [-0.2, 0) is 14.8 Å². The molecule has 0 unspecified atom stereocenters. The molecule has 0 bridgehead atoms. The lowest BCUT2D eigenvalue weighted by Gasteiger charge is -2.22. The summed E-state index contributed by atoms with van der Waals surface area (Å²) >= 11 is 0. The molecule has 0 radical (unpaired) electrons. The highest BCUT2D eigenvalue weighted by Crippen LogP contribution is 2.24. The van der Waals surface area contributed by atoms with Crippen LogP contribution >= 0.6 is 0 Å². The molecule has 0 atom stereocenters. The van der Waals surface area contributed by atoms with Crippen LogP contribution in [0.2, 0.25) is 0 Å². The van der Waals surface area contributed by atoms with Crippen molar-refractivity contribution in [3.05, 3.63) is 41.3 Å². The lowest BCUT2D eigenvalue weighted by atomic mass is 10.2. The van der Waals surface area contributed by atoms with E-state index in [-0.39, 0.29) is 48.4 Å². The van der Waals surface area contributed by atoms with E-state index in [1.807, 2.05) is 0 Å². The van der Waals surface area contributed by atoms with Gasteiger partial charge in [-0.1, -0.05) is 5.16 Å². The molecule has 1 aromatic heterocycles. The minimum absolute atomic E-state index is 0.0659. The highest BCUT2D eigenvalue weighted by atomic mass is 32.2. The molecule has 0 aliphatic carbocycles.